The minimum atomic E-state index is -0.418. The zero-order valence-electron chi connectivity index (χ0n) is 21.3. The normalized spacial score (nSPS) is 13.6. The Balaban J connectivity index is 1.52. The molecule has 1 heterocycles. The quantitative estimate of drug-likeness (QED) is 0.241. The molecule has 196 valence electrons. The van der Waals surface area contributed by atoms with E-state index in [1.807, 2.05) is 24.3 Å². The number of carbonyl (C=O) groups is 1. The van der Waals surface area contributed by atoms with Crippen molar-refractivity contribution in [2.75, 3.05) is 56.6 Å². The van der Waals surface area contributed by atoms with Crippen LogP contribution in [0.4, 0.5) is 17.1 Å². The highest BCUT2D eigenvalue weighted by molar-refractivity contribution is 6.04. The monoisotopic (exact) mass is 514 g/mol. The van der Waals surface area contributed by atoms with Gasteiger partial charge in [0.05, 0.1) is 25.2 Å². The van der Waals surface area contributed by atoms with Gasteiger partial charge in [-0.3, -0.25) is 4.79 Å². The van der Waals surface area contributed by atoms with Crippen molar-refractivity contribution in [2.24, 2.45) is 4.99 Å². The van der Waals surface area contributed by atoms with E-state index in [0.717, 1.165) is 22.5 Å². The van der Waals surface area contributed by atoms with Gasteiger partial charge in [-0.2, -0.15) is 0 Å². The third-order valence-electron chi connectivity index (χ3n) is 5.68. The molecule has 1 atom stereocenters. The number of nitrogens with zero attached hydrogens (tertiary/aromatic N) is 1. The van der Waals surface area contributed by atoms with E-state index in [-0.39, 0.29) is 5.91 Å². The molecule has 4 rings (SSSR count). The van der Waals surface area contributed by atoms with Crippen LogP contribution in [0.5, 0.6) is 11.5 Å². The number of amides is 1. The van der Waals surface area contributed by atoms with E-state index in [1.165, 1.54) is 0 Å². The number of nitrogens with one attached hydrogen (secondary N) is 3. The van der Waals surface area contributed by atoms with E-state index in [0.29, 0.717) is 49.2 Å². The van der Waals surface area contributed by atoms with Gasteiger partial charge in [-0.05, 0) is 48.5 Å². The third-order valence-corrected chi connectivity index (χ3v) is 5.68. The first kappa shape index (κ1) is 26.5. The summed E-state index contributed by atoms with van der Waals surface area (Å²) in [6.45, 7) is 1.64. The fourth-order valence-electron chi connectivity index (χ4n) is 3.76. The summed E-state index contributed by atoms with van der Waals surface area (Å²) in [5.41, 5.74) is 4.33. The highest BCUT2D eigenvalue weighted by atomic mass is 16.5. The van der Waals surface area contributed by atoms with E-state index in [2.05, 4.69) is 26.9 Å². The smallest absolute Gasteiger partial charge is 0.255 e. The average Bonchev–Trinajstić information content (AvgIpc) is 2.94. The lowest BCUT2D eigenvalue weighted by molar-refractivity contribution is 0.102. The lowest BCUT2D eigenvalue weighted by Gasteiger charge is -2.25. The first-order valence-corrected chi connectivity index (χ1v) is 12.1. The fourth-order valence-corrected chi connectivity index (χ4v) is 3.76. The van der Waals surface area contributed by atoms with Crippen LogP contribution in [0.15, 0.2) is 65.7 Å². The van der Waals surface area contributed by atoms with E-state index in [4.69, 9.17) is 25.4 Å². The molecule has 3 aromatic carbocycles. The maximum atomic E-state index is 12.9. The Hall–Kier alpha value is -4.52. The van der Waals surface area contributed by atoms with Gasteiger partial charge in [-0.25, -0.2) is 4.99 Å². The van der Waals surface area contributed by atoms with Gasteiger partial charge in [0.15, 0.2) is 11.5 Å². The van der Waals surface area contributed by atoms with Crippen molar-refractivity contribution in [1.29, 1.82) is 0 Å². The van der Waals surface area contributed by atoms with Crippen LogP contribution < -0.4 is 25.4 Å². The van der Waals surface area contributed by atoms with Crippen LogP contribution in [0.3, 0.4) is 0 Å². The van der Waals surface area contributed by atoms with Crippen LogP contribution in [-0.4, -0.2) is 52.9 Å². The summed E-state index contributed by atoms with van der Waals surface area (Å²) in [5.74, 6) is 3.49. The Kier molecular flexibility index (Phi) is 9.18. The van der Waals surface area contributed by atoms with Crippen molar-refractivity contribution in [1.82, 2.24) is 0 Å². The Morgan fingerprint density at radius 3 is 2.34 bits per heavy atom. The molecule has 0 fully saturated rings. The first-order valence-electron chi connectivity index (χ1n) is 12.1. The number of hydrogen-bond acceptors (Lipinski definition) is 8. The molecule has 0 unspecified atom stereocenters. The molecule has 1 aliphatic rings. The molecule has 9 nitrogen and oxygen atoms in total. The molecule has 3 N–H and O–H groups in total. The molecule has 3 aromatic rings. The van der Waals surface area contributed by atoms with Crippen LogP contribution in [0.25, 0.3) is 0 Å². The van der Waals surface area contributed by atoms with E-state index < -0.39 is 6.17 Å². The third kappa shape index (κ3) is 6.82. The van der Waals surface area contributed by atoms with Crippen molar-refractivity contribution < 1.29 is 23.7 Å². The largest absolute Gasteiger partial charge is 0.487 e. The van der Waals surface area contributed by atoms with Crippen molar-refractivity contribution in [3.05, 3.63) is 77.4 Å². The minimum absolute atomic E-state index is 0.233. The van der Waals surface area contributed by atoms with Gasteiger partial charge in [-0.15, -0.1) is 6.42 Å². The number of terminal acetylenes is 1. The molecule has 0 radical (unpaired) electrons. The molecular formula is C29H30N4O5. The Bertz CT molecular complexity index is 1320. The Labute approximate surface area is 222 Å². The van der Waals surface area contributed by atoms with Gasteiger partial charge in [0.1, 0.15) is 19.4 Å². The van der Waals surface area contributed by atoms with Crippen LogP contribution in [-0.2, 0) is 9.47 Å². The summed E-state index contributed by atoms with van der Waals surface area (Å²) in [6, 6.07) is 18.1. The highest BCUT2D eigenvalue weighted by Crippen LogP contribution is 2.39. The molecule has 1 amide bonds. The predicted molar refractivity (Wildman–Crippen MR) is 148 cm³/mol. The zero-order valence-corrected chi connectivity index (χ0v) is 21.3. The summed E-state index contributed by atoms with van der Waals surface area (Å²) in [4.78, 5) is 17.4. The zero-order chi connectivity index (χ0) is 26.7. The Morgan fingerprint density at radius 2 is 1.66 bits per heavy atom. The number of rotatable bonds is 12. The fraction of sp³-hybridized carbons (Fsp3) is 0.241. The number of fused-ring (bicyclic) bond motifs is 1. The molecular weight excluding hydrogens is 484 g/mol. The first-order chi connectivity index (χ1) is 18.6. The van der Waals surface area contributed by atoms with Gasteiger partial charge in [-0.1, -0.05) is 12.0 Å². The van der Waals surface area contributed by atoms with E-state index >= 15 is 0 Å². The van der Waals surface area contributed by atoms with Gasteiger partial charge < -0.3 is 34.9 Å². The van der Waals surface area contributed by atoms with Gasteiger partial charge in [0.2, 0.25) is 0 Å². The number of anilines is 3. The maximum Gasteiger partial charge on any atom is 0.255 e. The van der Waals surface area contributed by atoms with E-state index in [1.54, 1.807) is 57.0 Å². The minimum Gasteiger partial charge on any atom is -0.487 e. The van der Waals surface area contributed by atoms with Crippen LogP contribution in [0, 0.1) is 12.3 Å². The molecule has 0 aromatic heterocycles. The molecule has 1 aliphatic heterocycles. The van der Waals surface area contributed by atoms with Crippen LogP contribution in [0.2, 0.25) is 0 Å². The molecule has 0 saturated heterocycles. The number of benzene rings is 3. The molecule has 0 saturated carbocycles. The highest BCUT2D eigenvalue weighted by Gasteiger charge is 2.22. The van der Waals surface area contributed by atoms with Crippen molar-refractivity contribution >= 4 is 29.3 Å². The topological polar surface area (TPSA) is 102 Å². The number of ether oxygens (including phenoxy) is 4. The SMILES string of the molecule is C#Cc1ccc(NC(=O)c2cccc(N[C@@H]3N=CNc4cc(OCCOC)c(OCCOC)cc43)c2)cc1. The second kappa shape index (κ2) is 13.1. The number of hydrogen-bond donors (Lipinski definition) is 3. The molecule has 0 spiro atoms. The maximum absolute atomic E-state index is 12.9. The van der Waals surface area contributed by atoms with Gasteiger partial charge in [0, 0.05) is 48.4 Å². The molecule has 9 heteroatoms. The van der Waals surface area contributed by atoms with Crippen molar-refractivity contribution in [3.63, 3.8) is 0 Å². The number of aliphatic imine (C=N–C) groups is 1. The lowest BCUT2D eigenvalue weighted by Crippen LogP contribution is -2.18. The number of carbonyl (C=O) groups excluding carboxylic acids is 1. The molecule has 0 aliphatic carbocycles. The summed E-state index contributed by atoms with van der Waals surface area (Å²) >= 11 is 0. The standard InChI is InChI=1S/C29H30N4O5/c1-4-20-8-10-22(11-9-20)33-29(34)21-6-5-7-23(16-21)32-28-24-17-26(37-14-12-35-2)27(38-15-13-36-3)18-25(24)30-19-31-28/h1,5-11,16-19,28,32H,12-15H2,2-3H3,(H,30,31)(H,33,34)/t28-/m0/s1. The number of methoxy groups -OCH3 is 2. The second-order valence-electron chi connectivity index (χ2n) is 8.29. The summed E-state index contributed by atoms with van der Waals surface area (Å²) in [5, 5.41) is 9.46. The average molecular weight is 515 g/mol. The van der Waals surface area contributed by atoms with Crippen molar-refractivity contribution in [3.8, 4) is 23.8 Å². The lowest BCUT2D eigenvalue weighted by atomic mass is 10.1. The predicted octanol–water partition coefficient (Wildman–Crippen LogP) is 4.54. The summed E-state index contributed by atoms with van der Waals surface area (Å²) in [6.07, 6.45) is 6.61. The molecule has 0 bridgehead atoms. The Morgan fingerprint density at radius 1 is 0.947 bits per heavy atom. The van der Waals surface area contributed by atoms with Crippen LogP contribution >= 0.6 is 0 Å². The van der Waals surface area contributed by atoms with E-state index in [9.17, 15) is 4.79 Å². The van der Waals surface area contributed by atoms with Gasteiger partial charge in [0.25, 0.3) is 5.91 Å². The summed E-state index contributed by atoms with van der Waals surface area (Å²) in [7, 11) is 3.24. The summed E-state index contributed by atoms with van der Waals surface area (Å²) < 4.78 is 22.0. The van der Waals surface area contributed by atoms with Crippen molar-refractivity contribution in [2.45, 2.75) is 6.17 Å². The second-order valence-corrected chi connectivity index (χ2v) is 8.29. The molecule has 38 heavy (non-hydrogen) atoms. The van der Waals surface area contributed by atoms with Crippen LogP contribution in [0.1, 0.15) is 27.7 Å². The van der Waals surface area contributed by atoms with Gasteiger partial charge >= 0.3 is 0 Å².